The lowest BCUT2D eigenvalue weighted by atomic mass is 10.1. The summed E-state index contributed by atoms with van der Waals surface area (Å²) in [6, 6.07) is 4.00. The molecule has 92 valence electrons. The van der Waals surface area contributed by atoms with Gasteiger partial charge in [-0.25, -0.2) is 0 Å². The maximum atomic E-state index is 10.5. The Bertz CT molecular complexity index is 406. The molecule has 2 rings (SSSR count). The van der Waals surface area contributed by atoms with E-state index in [0.29, 0.717) is 12.1 Å². The van der Waals surface area contributed by atoms with Gasteiger partial charge in [-0.2, -0.15) is 0 Å². The van der Waals surface area contributed by atoms with Gasteiger partial charge in [-0.1, -0.05) is 0 Å². The fourth-order valence-corrected chi connectivity index (χ4v) is 2.04. The van der Waals surface area contributed by atoms with Crippen LogP contribution >= 0.6 is 0 Å². The summed E-state index contributed by atoms with van der Waals surface area (Å²) in [5.74, 6) is -0.107. The zero-order chi connectivity index (χ0) is 12.4. The second-order valence-corrected chi connectivity index (χ2v) is 4.44. The summed E-state index contributed by atoms with van der Waals surface area (Å²) in [4.78, 5) is 16.1. The molecule has 0 unspecified atom stereocenters. The van der Waals surface area contributed by atoms with Crippen molar-refractivity contribution in [3.8, 4) is 0 Å². The molecule has 2 heterocycles. The van der Waals surface area contributed by atoms with Crippen LogP contribution in [-0.4, -0.2) is 35.1 Å². The molecule has 0 radical (unpaired) electrons. The molecule has 0 amide bonds. The van der Waals surface area contributed by atoms with Crippen LogP contribution in [0.15, 0.2) is 18.3 Å². The molecule has 0 aromatic carbocycles. The molecule has 0 aliphatic carbocycles. The van der Waals surface area contributed by atoms with Crippen molar-refractivity contribution < 1.29 is 4.92 Å². The Morgan fingerprint density at radius 1 is 1.53 bits per heavy atom. The number of piperazine rings is 1. The number of pyridine rings is 1. The van der Waals surface area contributed by atoms with Crippen molar-refractivity contribution in [2.75, 3.05) is 18.0 Å². The SMILES string of the molecule is C[C@@H]1CN[C@@H](C)CN1c1ccc([N+](=O)[O-])nc1. The van der Waals surface area contributed by atoms with E-state index in [4.69, 9.17) is 0 Å². The molecule has 1 aromatic rings. The number of nitrogens with one attached hydrogen (secondary N) is 1. The predicted molar refractivity (Wildman–Crippen MR) is 65.2 cm³/mol. The first-order valence-corrected chi connectivity index (χ1v) is 5.68. The highest BCUT2D eigenvalue weighted by atomic mass is 16.6. The molecule has 1 aliphatic heterocycles. The highest BCUT2D eigenvalue weighted by molar-refractivity contribution is 5.48. The number of aromatic nitrogens is 1. The average molecular weight is 236 g/mol. The summed E-state index contributed by atoms with van der Waals surface area (Å²) in [6.45, 7) is 6.05. The molecular weight excluding hydrogens is 220 g/mol. The molecule has 17 heavy (non-hydrogen) atoms. The van der Waals surface area contributed by atoms with E-state index in [1.165, 1.54) is 6.07 Å². The minimum Gasteiger partial charge on any atom is -0.363 e. The Labute approximate surface area is 99.8 Å². The lowest BCUT2D eigenvalue weighted by Gasteiger charge is -2.38. The number of anilines is 1. The molecule has 1 aliphatic rings. The average Bonchev–Trinajstić information content (AvgIpc) is 2.32. The maximum Gasteiger partial charge on any atom is 0.363 e. The maximum absolute atomic E-state index is 10.5. The lowest BCUT2D eigenvalue weighted by Crippen LogP contribution is -2.54. The number of rotatable bonds is 2. The molecular formula is C11H16N4O2. The topological polar surface area (TPSA) is 71.3 Å². The van der Waals surface area contributed by atoms with Gasteiger partial charge in [-0.15, -0.1) is 0 Å². The van der Waals surface area contributed by atoms with Crippen molar-refractivity contribution in [3.05, 3.63) is 28.4 Å². The van der Waals surface area contributed by atoms with Crippen LogP contribution in [0.25, 0.3) is 0 Å². The Morgan fingerprint density at radius 2 is 2.29 bits per heavy atom. The van der Waals surface area contributed by atoms with Gasteiger partial charge >= 0.3 is 5.82 Å². The summed E-state index contributed by atoms with van der Waals surface area (Å²) >= 11 is 0. The van der Waals surface area contributed by atoms with Crippen LogP contribution in [0.4, 0.5) is 11.5 Å². The normalized spacial score (nSPS) is 24.7. The van der Waals surface area contributed by atoms with E-state index in [1.54, 1.807) is 12.3 Å². The second-order valence-electron chi connectivity index (χ2n) is 4.44. The Morgan fingerprint density at radius 3 is 2.88 bits per heavy atom. The van der Waals surface area contributed by atoms with Crippen LogP contribution in [0.5, 0.6) is 0 Å². The van der Waals surface area contributed by atoms with E-state index in [2.05, 4.69) is 29.0 Å². The van der Waals surface area contributed by atoms with E-state index in [9.17, 15) is 10.1 Å². The largest absolute Gasteiger partial charge is 0.363 e. The van der Waals surface area contributed by atoms with Gasteiger partial charge in [0, 0.05) is 31.2 Å². The molecule has 6 nitrogen and oxygen atoms in total. The fraction of sp³-hybridized carbons (Fsp3) is 0.545. The summed E-state index contributed by atoms with van der Waals surface area (Å²) < 4.78 is 0. The fourth-order valence-electron chi connectivity index (χ4n) is 2.04. The van der Waals surface area contributed by atoms with Crippen molar-refractivity contribution in [1.82, 2.24) is 10.3 Å². The summed E-state index contributed by atoms with van der Waals surface area (Å²) in [7, 11) is 0. The van der Waals surface area contributed by atoms with Gasteiger partial charge in [0.2, 0.25) is 0 Å². The highest BCUT2D eigenvalue weighted by Gasteiger charge is 2.23. The summed E-state index contributed by atoms with van der Waals surface area (Å²) in [6.07, 6.45) is 1.58. The van der Waals surface area contributed by atoms with Crippen molar-refractivity contribution in [3.63, 3.8) is 0 Å². The van der Waals surface area contributed by atoms with E-state index >= 15 is 0 Å². The Kier molecular flexibility index (Phi) is 3.23. The number of hydrogen-bond donors (Lipinski definition) is 1. The number of hydrogen-bond acceptors (Lipinski definition) is 5. The number of nitro groups is 1. The smallest absolute Gasteiger partial charge is 0.363 e. The molecule has 1 N–H and O–H groups in total. The first-order valence-electron chi connectivity index (χ1n) is 5.68. The van der Waals surface area contributed by atoms with Crippen LogP contribution in [0.1, 0.15) is 13.8 Å². The molecule has 2 atom stereocenters. The van der Waals surface area contributed by atoms with Gasteiger partial charge in [-0.3, -0.25) is 0 Å². The zero-order valence-corrected chi connectivity index (χ0v) is 9.96. The van der Waals surface area contributed by atoms with Crippen molar-refractivity contribution in [1.29, 1.82) is 0 Å². The van der Waals surface area contributed by atoms with Gasteiger partial charge in [0.25, 0.3) is 0 Å². The molecule has 0 bridgehead atoms. The molecule has 6 heteroatoms. The van der Waals surface area contributed by atoms with Crippen LogP contribution in [0.2, 0.25) is 0 Å². The Hall–Kier alpha value is -1.69. The number of nitrogens with zero attached hydrogens (tertiary/aromatic N) is 3. The predicted octanol–water partition coefficient (Wildman–Crippen LogP) is 1.18. The van der Waals surface area contributed by atoms with Gasteiger partial charge in [0.05, 0.1) is 5.69 Å². The molecule has 0 spiro atoms. The molecule has 1 saturated heterocycles. The first-order chi connectivity index (χ1) is 8.08. The molecule has 0 saturated carbocycles. The summed E-state index contributed by atoms with van der Waals surface area (Å²) in [5, 5.41) is 13.9. The first kappa shape index (κ1) is 11.8. The Balaban J connectivity index is 2.18. The second kappa shape index (κ2) is 4.67. The van der Waals surface area contributed by atoms with Crippen LogP contribution in [0.3, 0.4) is 0 Å². The third-order valence-electron chi connectivity index (χ3n) is 3.02. The minimum atomic E-state index is -0.479. The van der Waals surface area contributed by atoms with Crippen molar-refractivity contribution in [2.45, 2.75) is 25.9 Å². The monoisotopic (exact) mass is 236 g/mol. The third kappa shape index (κ3) is 2.52. The molecule has 1 aromatic heterocycles. The van der Waals surface area contributed by atoms with Gasteiger partial charge in [-0.05, 0) is 29.8 Å². The van der Waals surface area contributed by atoms with Crippen molar-refractivity contribution in [2.24, 2.45) is 0 Å². The van der Waals surface area contributed by atoms with Crippen LogP contribution in [-0.2, 0) is 0 Å². The van der Waals surface area contributed by atoms with E-state index in [1.807, 2.05) is 0 Å². The summed E-state index contributed by atoms with van der Waals surface area (Å²) in [5.41, 5.74) is 0.941. The van der Waals surface area contributed by atoms with E-state index in [0.717, 1.165) is 18.8 Å². The van der Waals surface area contributed by atoms with E-state index in [-0.39, 0.29) is 5.82 Å². The van der Waals surface area contributed by atoms with Crippen molar-refractivity contribution >= 4 is 11.5 Å². The standard InChI is InChI=1S/C11H16N4O2/c1-8-7-14(9(2)5-12-8)10-3-4-11(13-6-10)15(16)17/h3-4,6,8-9,12H,5,7H2,1-2H3/t8-,9+/m0/s1. The van der Waals surface area contributed by atoms with Crippen LogP contribution in [0, 0.1) is 10.1 Å². The minimum absolute atomic E-state index is 0.107. The lowest BCUT2D eigenvalue weighted by molar-refractivity contribution is -0.389. The highest BCUT2D eigenvalue weighted by Crippen LogP contribution is 2.20. The van der Waals surface area contributed by atoms with Gasteiger partial charge < -0.3 is 20.3 Å². The van der Waals surface area contributed by atoms with Gasteiger partial charge in [0.1, 0.15) is 0 Å². The van der Waals surface area contributed by atoms with Gasteiger partial charge in [0.15, 0.2) is 6.20 Å². The zero-order valence-electron chi connectivity index (χ0n) is 9.96. The quantitative estimate of drug-likeness (QED) is 0.616. The third-order valence-corrected chi connectivity index (χ3v) is 3.02. The van der Waals surface area contributed by atoms with E-state index < -0.39 is 4.92 Å². The molecule has 1 fully saturated rings. The van der Waals surface area contributed by atoms with Crippen LogP contribution < -0.4 is 10.2 Å².